The van der Waals surface area contributed by atoms with E-state index in [0.29, 0.717) is 6.92 Å². The Morgan fingerprint density at radius 2 is 1.49 bits per heavy atom. The van der Waals surface area contributed by atoms with Crippen molar-refractivity contribution >= 4 is 32.4 Å². The summed E-state index contributed by atoms with van der Waals surface area (Å²) in [5, 5.41) is 11.0. The van der Waals surface area contributed by atoms with Crippen LogP contribution in [0.4, 0.5) is 22.0 Å². The maximum absolute atomic E-state index is 15.5. The second-order valence-corrected chi connectivity index (χ2v) is 10.3. The monoisotopic (exact) mass is 552 g/mol. The summed E-state index contributed by atoms with van der Waals surface area (Å²) in [5.41, 5.74) is -11.7. The smallest absolute Gasteiger partial charge is 0.523 e. The van der Waals surface area contributed by atoms with Crippen molar-refractivity contribution < 1.29 is 63.1 Å². The number of methoxy groups -OCH3 is 1. The van der Waals surface area contributed by atoms with Crippen LogP contribution in [0.15, 0.2) is 30.3 Å². The molecule has 1 aromatic carbocycles. The summed E-state index contributed by atoms with van der Waals surface area (Å²) in [4.78, 5) is 25.1. The van der Waals surface area contributed by atoms with E-state index >= 15 is 8.78 Å². The SMILES string of the molecule is CO[C@](OS(=O)(=O)C(F)(F)F)(C(F)(F)C(=O)O[SiH3])[C@](C)(OC(C)(C)C)C(O)C(=O)c1ccccc1. The van der Waals surface area contributed by atoms with E-state index in [1.165, 1.54) is 39.0 Å². The van der Waals surface area contributed by atoms with E-state index in [2.05, 4.69) is 13.3 Å². The number of benzene rings is 1. The van der Waals surface area contributed by atoms with Crippen molar-refractivity contribution in [2.45, 2.75) is 62.2 Å². The van der Waals surface area contributed by atoms with Crippen LogP contribution in [0.3, 0.4) is 0 Å². The van der Waals surface area contributed by atoms with Gasteiger partial charge in [-0.2, -0.15) is 30.4 Å². The van der Waals surface area contributed by atoms with Gasteiger partial charge in [0.1, 0.15) is 0 Å². The number of aliphatic hydroxyl groups is 1. The van der Waals surface area contributed by atoms with Crippen molar-refractivity contribution in [3.05, 3.63) is 35.9 Å². The summed E-state index contributed by atoms with van der Waals surface area (Å²) in [5.74, 6) is -13.9. The summed E-state index contributed by atoms with van der Waals surface area (Å²) < 4.78 is 112. The van der Waals surface area contributed by atoms with Crippen LogP contribution in [0.25, 0.3) is 0 Å². The average molecular weight is 553 g/mol. The number of hydrogen-bond donors (Lipinski definition) is 1. The molecule has 0 aromatic heterocycles. The molecule has 35 heavy (non-hydrogen) atoms. The number of aliphatic hydroxyl groups excluding tert-OH is 1. The van der Waals surface area contributed by atoms with E-state index in [9.17, 15) is 36.3 Å². The Hall–Kier alpha value is -1.98. The van der Waals surface area contributed by atoms with Gasteiger partial charge in [-0.25, -0.2) is 8.98 Å². The highest BCUT2D eigenvalue weighted by Crippen LogP contribution is 2.50. The second-order valence-electron chi connectivity index (χ2n) is 8.32. The van der Waals surface area contributed by atoms with Crippen LogP contribution in [-0.4, -0.2) is 77.4 Å². The van der Waals surface area contributed by atoms with Crippen molar-refractivity contribution in [2.75, 3.05) is 7.11 Å². The summed E-state index contributed by atoms with van der Waals surface area (Å²) in [7, 11) is -7.38. The minimum atomic E-state index is -6.96. The fourth-order valence-electron chi connectivity index (χ4n) is 3.23. The molecule has 1 rings (SSSR count). The van der Waals surface area contributed by atoms with Gasteiger partial charge in [-0.1, -0.05) is 30.3 Å². The third-order valence-corrected chi connectivity index (χ3v) is 6.05. The summed E-state index contributed by atoms with van der Waals surface area (Å²) in [6.45, 7) is 4.01. The number of carbonyl (C=O) groups excluding carboxylic acids is 2. The predicted molar refractivity (Wildman–Crippen MR) is 113 cm³/mol. The molecule has 200 valence electrons. The van der Waals surface area contributed by atoms with Crippen LogP contribution in [0.2, 0.25) is 0 Å². The Balaban J connectivity index is 4.10. The van der Waals surface area contributed by atoms with Gasteiger partial charge in [-0.15, -0.1) is 0 Å². The summed E-state index contributed by atoms with van der Waals surface area (Å²) in [6, 6.07) is 6.37. The summed E-state index contributed by atoms with van der Waals surface area (Å²) in [6.07, 6.45) is -2.86. The molecule has 1 N–H and O–H groups in total. The van der Waals surface area contributed by atoms with Crippen LogP contribution >= 0.6 is 0 Å². The van der Waals surface area contributed by atoms with Crippen molar-refractivity contribution in [3.8, 4) is 0 Å². The number of ether oxygens (including phenoxy) is 2. The van der Waals surface area contributed by atoms with Crippen molar-refractivity contribution in [2.24, 2.45) is 0 Å². The highest BCUT2D eigenvalue weighted by molar-refractivity contribution is 7.87. The highest BCUT2D eigenvalue weighted by atomic mass is 32.2. The number of alkyl halides is 5. The van der Waals surface area contributed by atoms with E-state index in [0.717, 1.165) is 12.1 Å². The standard InChI is InChI=1S/C19H25F5O9SSi/c1-15(2,3)32-16(4,13(26)12(25)11-9-7-6-8-10-11)18(30-5,17(20,21)14(27)31-35)33-34(28,29)19(22,23)24/h6-10,13,26H,1-5,35H3/t13?,16-,18-/m1/s1. The lowest BCUT2D eigenvalue weighted by Crippen LogP contribution is -2.75. The minimum absolute atomic E-state index is 0.282. The molecule has 0 aliphatic carbocycles. The summed E-state index contributed by atoms with van der Waals surface area (Å²) >= 11 is 0. The molecule has 3 atom stereocenters. The Morgan fingerprint density at radius 3 is 1.86 bits per heavy atom. The zero-order chi connectivity index (χ0) is 27.7. The lowest BCUT2D eigenvalue weighted by molar-refractivity contribution is -0.381. The van der Waals surface area contributed by atoms with Gasteiger partial charge in [-0.05, 0) is 27.7 Å². The Bertz CT molecular complexity index is 1030. The molecular formula is C19H25F5O9SSi. The van der Waals surface area contributed by atoms with Gasteiger partial charge in [0.15, 0.2) is 17.5 Å². The molecule has 0 saturated heterocycles. The van der Waals surface area contributed by atoms with E-state index in [4.69, 9.17) is 4.74 Å². The van der Waals surface area contributed by atoms with E-state index < -0.39 is 66.9 Å². The Kier molecular flexibility index (Phi) is 9.03. The third kappa shape index (κ3) is 5.88. The first-order valence-electron chi connectivity index (χ1n) is 9.64. The lowest BCUT2D eigenvalue weighted by Gasteiger charge is -2.51. The van der Waals surface area contributed by atoms with Gasteiger partial charge >= 0.3 is 27.5 Å². The van der Waals surface area contributed by atoms with Crippen molar-refractivity contribution in [1.82, 2.24) is 0 Å². The number of rotatable bonds is 10. The molecule has 16 heteroatoms. The quantitative estimate of drug-likeness (QED) is 0.115. The molecule has 1 aromatic rings. The molecule has 0 heterocycles. The first kappa shape index (κ1) is 31.0. The van der Waals surface area contributed by atoms with Crippen molar-refractivity contribution in [1.29, 1.82) is 0 Å². The number of hydrogen-bond acceptors (Lipinski definition) is 9. The van der Waals surface area contributed by atoms with Crippen LogP contribution in [0.5, 0.6) is 0 Å². The molecule has 0 bridgehead atoms. The topological polar surface area (TPSA) is 125 Å². The molecular weight excluding hydrogens is 527 g/mol. The van der Waals surface area contributed by atoms with Crippen LogP contribution in [0.1, 0.15) is 38.1 Å². The number of ketones is 1. The highest BCUT2D eigenvalue weighted by Gasteiger charge is 2.78. The molecule has 9 nitrogen and oxygen atoms in total. The molecule has 0 amide bonds. The third-order valence-electron chi connectivity index (χ3n) is 4.65. The zero-order valence-electron chi connectivity index (χ0n) is 19.5. The molecule has 0 aliphatic heterocycles. The van der Waals surface area contributed by atoms with Crippen LogP contribution in [-0.2, 0) is 33.0 Å². The number of Topliss-reactive ketones (excluding diaryl/α,β-unsaturated/α-hetero) is 1. The van der Waals surface area contributed by atoms with Crippen molar-refractivity contribution in [3.63, 3.8) is 0 Å². The normalized spacial score (nSPS) is 17.8. The fourth-order valence-corrected chi connectivity index (χ4v) is 4.22. The number of halogens is 5. The predicted octanol–water partition coefficient (Wildman–Crippen LogP) is 1.47. The van der Waals surface area contributed by atoms with Crippen LogP contribution < -0.4 is 0 Å². The Labute approximate surface area is 201 Å². The molecule has 0 spiro atoms. The van der Waals surface area contributed by atoms with Gasteiger partial charge in [0, 0.05) is 12.7 Å². The molecule has 0 aliphatic rings. The van der Waals surface area contributed by atoms with E-state index in [1.807, 2.05) is 0 Å². The maximum Gasteiger partial charge on any atom is 0.523 e. The zero-order valence-corrected chi connectivity index (χ0v) is 22.3. The van der Waals surface area contributed by atoms with Gasteiger partial charge in [0.2, 0.25) is 10.5 Å². The maximum atomic E-state index is 15.5. The average Bonchev–Trinajstić information content (AvgIpc) is 2.73. The van der Waals surface area contributed by atoms with Gasteiger partial charge in [0.25, 0.3) is 5.79 Å². The minimum Gasteiger partial charge on any atom is -0.524 e. The lowest BCUT2D eigenvalue weighted by atomic mass is 9.80. The Morgan fingerprint density at radius 1 is 1.00 bits per heavy atom. The molecule has 0 radical (unpaired) electrons. The van der Waals surface area contributed by atoms with Gasteiger partial charge < -0.3 is 19.0 Å². The first-order chi connectivity index (χ1) is 15.6. The molecule has 0 fully saturated rings. The first-order valence-corrected chi connectivity index (χ1v) is 11.9. The second kappa shape index (κ2) is 10.2. The van der Waals surface area contributed by atoms with E-state index in [1.54, 1.807) is 0 Å². The number of carbonyl (C=O) groups is 2. The van der Waals surface area contributed by atoms with E-state index in [-0.39, 0.29) is 12.7 Å². The largest absolute Gasteiger partial charge is 0.524 e. The fraction of sp³-hybridized carbons (Fsp3) is 0.579. The van der Waals surface area contributed by atoms with Gasteiger partial charge in [-0.3, -0.25) is 4.79 Å². The van der Waals surface area contributed by atoms with Gasteiger partial charge in [0.05, 0.1) is 5.60 Å². The molecule has 0 saturated carbocycles. The van der Waals surface area contributed by atoms with Crippen LogP contribution in [0, 0.1) is 0 Å². The molecule has 1 unspecified atom stereocenters.